The van der Waals surface area contributed by atoms with Crippen molar-refractivity contribution in [2.75, 3.05) is 0 Å². The Labute approximate surface area is 74.9 Å². The zero-order chi connectivity index (χ0) is 10.0. The van der Waals surface area contributed by atoms with Crippen molar-refractivity contribution in [3.8, 4) is 0 Å². The molecule has 72 valence electrons. The predicted octanol–water partition coefficient (Wildman–Crippen LogP) is 0.481. The Kier molecular flexibility index (Phi) is 2.62. The van der Waals surface area contributed by atoms with Crippen LogP contribution in [0, 0.1) is 17.0 Å². The van der Waals surface area contributed by atoms with Crippen LogP contribution in [0.4, 0.5) is 5.69 Å². The molecular formula is C7H11N3O3. The normalized spacial score (nSPS) is 12.8. The maximum absolute atomic E-state index is 10.4. The van der Waals surface area contributed by atoms with Gasteiger partial charge in [0.25, 0.3) is 0 Å². The maximum Gasteiger partial charge on any atom is 0.309 e. The molecule has 0 aromatic carbocycles. The van der Waals surface area contributed by atoms with E-state index in [2.05, 4.69) is 5.10 Å². The average molecular weight is 185 g/mol. The van der Waals surface area contributed by atoms with Crippen molar-refractivity contribution in [3.63, 3.8) is 0 Å². The molecule has 1 atom stereocenters. The summed E-state index contributed by atoms with van der Waals surface area (Å²) in [5.41, 5.74) is 0.353. The van der Waals surface area contributed by atoms with Crippen LogP contribution in [-0.4, -0.2) is 25.9 Å². The zero-order valence-corrected chi connectivity index (χ0v) is 7.47. The van der Waals surface area contributed by atoms with Crippen molar-refractivity contribution in [2.45, 2.75) is 26.5 Å². The molecule has 0 fully saturated rings. The number of rotatable bonds is 3. The highest BCUT2D eigenvalue weighted by Gasteiger charge is 2.15. The molecule has 0 spiro atoms. The summed E-state index contributed by atoms with van der Waals surface area (Å²) in [6.07, 6.45) is 0.765. The first kappa shape index (κ1) is 9.66. The highest BCUT2D eigenvalue weighted by Crippen LogP contribution is 2.14. The van der Waals surface area contributed by atoms with Gasteiger partial charge in [0.1, 0.15) is 11.9 Å². The molecule has 1 heterocycles. The molecule has 0 saturated carbocycles. The lowest BCUT2D eigenvalue weighted by Crippen LogP contribution is -2.11. The fourth-order valence-corrected chi connectivity index (χ4v) is 1.05. The van der Waals surface area contributed by atoms with Crippen molar-refractivity contribution in [2.24, 2.45) is 0 Å². The first-order chi connectivity index (χ1) is 6.00. The standard InChI is InChI=1S/C7H11N3O3/c1-5(11)3-9-4-7(10(12)13)6(2)8-9/h4-5,11H,3H2,1-2H3/t5-/m0/s1. The molecule has 0 amide bonds. The quantitative estimate of drug-likeness (QED) is 0.548. The van der Waals surface area contributed by atoms with Gasteiger partial charge in [-0.25, -0.2) is 0 Å². The Hall–Kier alpha value is -1.43. The van der Waals surface area contributed by atoms with Crippen molar-refractivity contribution in [3.05, 3.63) is 22.0 Å². The van der Waals surface area contributed by atoms with Gasteiger partial charge in [0.05, 0.1) is 17.6 Å². The topological polar surface area (TPSA) is 81.2 Å². The Morgan fingerprint density at radius 3 is 2.85 bits per heavy atom. The molecular weight excluding hydrogens is 174 g/mol. The van der Waals surface area contributed by atoms with Gasteiger partial charge < -0.3 is 5.11 Å². The van der Waals surface area contributed by atoms with Gasteiger partial charge in [0.15, 0.2) is 0 Å². The van der Waals surface area contributed by atoms with E-state index in [1.807, 2.05) is 0 Å². The van der Waals surface area contributed by atoms with E-state index in [1.54, 1.807) is 13.8 Å². The first-order valence-electron chi connectivity index (χ1n) is 3.87. The number of aromatic nitrogens is 2. The first-order valence-corrected chi connectivity index (χ1v) is 3.87. The van der Waals surface area contributed by atoms with Crippen molar-refractivity contribution >= 4 is 5.69 Å². The smallest absolute Gasteiger partial charge is 0.309 e. The molecule has 0 saturated heterocycles. The van der Waals surface area contributed by atoms with Crippen LogP contribution in [0.15, 0.2) is 6.20 Å². The fourth-order valence-electron chi connectivity index (χ4n) is 1.05. The van der Waals surface area contributed by atoms with Crippen molar-refractivity contribution in [1.29, 1.82) is 0 Å². The highest BCUT2D eigenvalue weighted by atomic mass is 16.6. The third-order valence-corrected chi connectivity index (χ3v) is 1.57. The molecule has 0 radical (unpaired) electrons. The minimum atomic E-state index is -0.557. The Morgan fingerprint density at radius 1 is 1.85 bits per heavy atom. The second kappa shape index (κ2) is 3.53. The summed E-state index contributed by atoms with van der Waals surface area (Å²) in [6.45, 7) is 3.44. The third kappa shape index (κ3) is 2.25. The van der Waals surface area contributed by atoms with E-state index < -0.39 is 11.0 Å². The van der Waals surface area contributed by atoms with E-state index in [9.17, 15) is 10.1 Å². The summed E-state index contributed by atoms with van der Waals surface area (Å²) < 4.78 is 1.37. The van der Waals surface area contributed by atoms with E-state index in [1.165, 1.54) is 10.9 Å². The van der Waals surface area contributed by atoms with Gasteiger partial charge in [-0.3, -0.25) is 14.8 Å². The number of hydrogen-bond donors (Lipinski definition) is 1. The molecule has 0 unspecified atom stereocenters. The summed E-state index contributed by atoms with van der Waals surface area (Å²) in [5, 5.41) is 23.3. The van der Waals surface area contributed by atoms with Crippen molar-refractivity contribution < 1.29 is 10.0 Å². The van der Waals surface area contributed by atoms with Gasteiger partial charge in [-0.1, -0.05) is 0 Å². The molecule has 0 aliphatic heterocycles. The monoisotopic (exact) mass is 185 g/mol. The lowest BCUT2D eigenvalue weighted by atomic mass is 10.4. The van der Waals surface area contributed by atoms with Gasteiger partial charge in [0, 0.05) is 0 Å². The van der Waals surface area contributed by atoms with Crippen LogP contribution < -0.4 is 0 Å². The third-order valence-electron chi connectivity index (χ3n) is 1.57. The average Bonchev–Trinajstić information content (AvgIpc) is 2.29. The summed E-state index contributed by atoms with van der Waals surface area (Å²) in [6, 6.07) is 0. The Balaban J connectivity index is 2.89. The van der Waals surface area contributed by atoms with Gasteiger partial charge in [-0.2, -0.15) is 5.10 Å². The summed E-state index contributed by atoms with van der Waals surface area (Å²) in [4.78, 5) is 9.93. The minimum Gasteiger partial charge on any atom is -0.391 e. The van der Waals surface area contributed by atoms with Crippen LogP contribution >= 0.6 is 0 Å². The molecule has 6 heteroatoms. The van der Waals surface area contributed by atoms with Crippen LogP contribution in [0.3, 0.4) is 0 Å². The van der Waals surface area contributed by atoms with Crippen LogP contribution in [0.5, 0.6) is 0 Å². The van der Waals surface area contributed by atoms with E-state index >= 15 is 0 Å². The molecule has 1 aromatic heterocycles. The van der Waals surface area contributed by atoms with Crippen LogP contribution in [0.2, 0.25) is 0 Å². The number of aliphatic hydroxyl groups excluding tert-OH is 1. The van der Waals surface area contributed by atoms with Gasteiger partial charge in [-0.05, 0) is 13.8 Å². The largest absolute Gasteiger partial charge is 0.391 e. The number of aryl methyl sites for hydroxylation is 1. The SMILES string of the molecule is Cc1nn(C[C@H](C)O)cc1[N+](=O)[O-]. The maximum atomic E-state index is 10.4. The fraction of sp³-hybridized carbons (Fsp3) is 0.571. The van der Waals surface area contributed by atoms with E-state index in [4.69, 9.17) is 5.11 Å². The van der Waals surface area contributed by atoms with Gasteiger partial charge in [-0.15, -0.1) is 0 Å². The van der Waals surface area contributed by atoms with Gasteiger partial charge in [0.2, 0.25) is 0 Å². The highest BCUT2D eigenvalue weighted by molar-refractivity contribution is 5.30. The van der Waals surface area contributed by atoms with E-state index in [0.29, 0.717) is 5.69 Å². The number of nitro groups is 1. The number of hydrogen-bond acceptors (Lipinski definition) is 4. The number of nitrogens with zero attached hydrogens (tertiary/aromatic N) is 3. The van der Waals surface area contributed by atoms with E-state index in [0.717, 1.165) is 0 Å². The molecule has 0 aliphatic rings. The molecule has 1 N–H and O–H groups in total. The zero-order valence-electron chi connectivity index (χ0n) is 7.47. The lowest BCUT2D eigenvalue weighted by Gasteiger charge is -2.01. The van der Waals surface area contributed by atoms with Crippen LogP contribution in [0.25, 0.3) is 0 Å². The summed E-state index contributed by atoms with van der Waals surface area (Å²) in [5.74, 6) is 0. The summed E-state index contributed by atoms with van der Waals surface area (Å²) in [7, 11) is 0. The summed E-state index contributed by atoms with van der Waals surface area (Å²) >= 11 is 0. The molecule has 1 aromatic rings. The minimum absolute atomic E-state index is 0.0133. The van der Waals surface area contributed by atoms with E-state index in [-0.39, 0.29) is 12.2 Å². The molecule has 0 bridgehead atoms. The molecule has 13 heavy (non-hydrogen) atoms. The lowest BCUT2D eigenvalue weighted by molar-refractivity contribution is -0.385. The predicted molar refractivity (Wildman–Crippen MR) is 45.3 cm³/mol. The second-order valence-corrected chi connectivity index (χ2v) is 2.93. The number of aliphatic hydroxyl groups is 1. The molecule has 6 nitrogen and oxygen atoms in total. The second-order valence-electron chi connectivity index (χ2n) is 2.93. The van der Waals surface area contributed by atoms with Crippen molar-refractivity contribution in [1.82, 2.24) is 9.78 Å². The molecule has 0 aliphatic carbocycles. The van der Waals surface area contributed by atoms with Gasteiger partial charge >= 0.3 is 5.69 Å². The Morgan fingerprint density at radius 2 is 2.46 bits per heavy atom. The van der Waals surface area contributed by atoms with Crippen LogP contribution in [0.1, 0.15) is 12.6 Å². The Bertz CT molecular complexity index is 319. The van der Waals surface area contributed by atoms with Crippen LogP contribution in [-0.2, 0) is 6.54 Å². The molecule has 1 rings (SSSR count).